The van der Waals surface area contributed by atoms with E-state index in [1.54, 1.807) is 0 Å². The maximum atomic E-state index is 12.6. The van der Waals surface area contributed by atoms with E-state index in [1.165, 1.54) is 57.8 Å². The number of phosphoric acid groups is 1. The Kier molecular flexibility index (Phi) is 37.8. The first-order chi connectivity index (χ1) is 27.5. The molecule has 0 amide bonds. The van der Waals surface area contributed by atoms with Gasteiger partial charge in [-0.05, 0) is 77.0 Å². The second-order valence-electron chi connectivity index (χ2n) is 14.7. The van der Waals surface area contributed by atoms with Crippen molar-refractivity contribution in [2.45, 2.75) is 192 Å². The smallest absolute Gasteiger partial charge is 0.462 e. The van der Waals surface area contributed by atoms with Crippen LogP contribution in [0.1, 0.15) is 168 Å². The maximum Gasteiger partial charge on any atom is 0.472 e. The van der Waals surface area contributed by atoms with Gasteiger partial charge in [0.2, 0.25) is 0 Å². The average molecular weight is 831 g/mol. The molecule has 0 rings (SSSR count). The molecular formula is C44H79O12P. The summed E-state index contributed by atoms with van der Waals surface area (Å²) in [5, 5.41) is 39.0. The molecule has 0 fully saturated rings. The van der Waals surface area contributed by atoms with Crippen molar-refractivity contribution >= 4 is 19.8 Å². The summed E-state index contributed by atoms with van der Waals surface area (Å²) in [6.07, 6.45) is 33.9. The minimum atomic E-state index is -4.69. The number of unbranched alkanes of at least 4 members (excludes halogenated alkanes) is 14. The van der Waals surface area contributed by atoms with Crippen LogP contribution in [0.2, 0.25) is 0 Å². The van der Waals surface area contributed by atoms with Crippen LogP contribution < -0.4 is 0 Å². The molecule has 0 aliphatic heterocycles. The Balaban J connectivity index is 4.56. The van der Waals surface area contributed by atoms with Gasteiger partial charge in [0.1, 0.15) is 12.7 Å². The molecule has 0 aromatic heterocycles. The lowest BCUT2D eigenvalue weighted by Gasteiger charge is -2.20. The van der Waals surface area contributed by atoms with Crippen molar-refractivity contribution < 1.29 is 58.0 Å². The topological polar surface area (TPSA) is 189 Å². The molecule has 0 aromatic carbocycles. The predicted octanol–water partition coefficient (Wildman–Crippen LogP) is 9.28. The molecule has 5 atom stereocenters. The third kappa shape index (κ3) is 37.8. The third-order valence-corrected chi connectivity index (χ3v) is 10.1. The number of aliphatic hydroxyl groups excluding tert-OH is 4. The van der Waals surface area contributed by atoms with E-state index < -0.39 is 70.6 Å². The minimum Gasteiger partial charge on any atom is -0.462 e. The summed E-state index contributed by atoms with van der Waals surface area (Å²) in [5.41, 5.74) is 0. The summed E-state index contributed by atoms with van der Waals surface area (Å²) in [5.74, 6) is -1.22. The van der Waals surface area contributed by atoms with E-state index in [9.17, 15) is 34.4 Å². The van der Waals surface area contributed by atoms with E-state index >= 15 is 0 Å². The van der Waals surface area contributed by atoms with E-state index in [2.05, 4.69) is 54.8 Å². The highest BCUT2D eigenvalue weighted by atomic mass is 31.2. The summed E-state index contributed by atoms with van der Waals surface area (Å²) in [7, 11) is -4.69. The van der Waals surface area contributed by atoms with Gasteiger partial charge in [0.25, 0.3) is 0 Å². The highest BCUT2D eigenvalue weighted by Crippen LogP contribution is 2.43. The SMILES string of the molecule is CCCCC/C=C\C/C=C\C/C=C\CC(O)C(O)CCCC(=O)OC[C@H](COP(=O)(O)OC[C@@H](O)CO)OC(=O)CCCCCCC/C=C\CCCCCCCC. The fourth-order valence-electron chi connectivity index (χ4n) is 5.62. The fraction of sp³-hybridized carbons (Fsp3) is 0.773. The number of esters is 2. The molecule has 0 aliphatic carbocycles. The minimum absolute atomic E-state index is 0.0748. The van der Waals surface area contributed by atoms with Crippen LogP contribution in [0.15, 0.2) is 48.6 Å². The normalized spacial score (nSPS) is 15.4. The summed E-state index contributed by atoms with van der Waals surface area (Å²) in [6.45, 7) is 2.00. The number of carbonyl (C=O) groups is 2. The van der Waals surface area contributed by atoms with Crippen LogP contribution in [-0.2, 0) is 32.7 Å². The van der Waals surface area contributed by atoms with Crippen LogP contribution in [0.5, 0.6) is 0 Å². The lowest BCUT2D eigenvalue weighted by molar-refractivity contribution is -0.161. The standard InChI is InChI=1S/C44H79O12P/c1-3-5-7-9-11-13-15-17-18-19-21-23-25-27-29-33-44(50)56-40(38-55-57(51,52)54-36-39(46)35-45)37-53-43(49)34-30-32-42(48)41(47)31-28-26-24-22-20-16-14-12-10-8-6-4-2/h12,14,17-18,20,22,26,28,39-42,45-48H,3-11,13,15-16,19,21,23-25,27,29-38H2,1-2H3,(H,51,52)/b14-12-,18-17-,22-20-,28-26-/t39-,40+,41?,42?/m0/s1. The van der Waals surface area contributed by atoms with Crippen molar-refractivity contribution in [3.8, 4) is 0 Å². The first-order valence-electron chi connectivity index (χ1n) is 21.8. The number of hydrogen-bond donors (Lipinski definition) is 5. The summed E-state index contributed by atoms with van der Waals surface area (Å²) < 4.78 is 32.5. The van der Waals surface area contributed by atoms with Crippen LogP contribution in [0.25, 0.3) is 0 Å². The van der Waals surface area contributed by atoms with Gasteiger partial charge >= 0.3 is 19.8 Å². The highest BCUT2D eigenvalue weighted by molar-refractivity contribution is 7.47. The Morgan fingerprint density at radius 3 is 1.70 bits per heavy atom. The third-order valence-electron chi connectivity index (χ3n) is 9.16. The highest BCUT2D eigenvalue weighted by Gasteiger charge is 2.27. The van der Waals surface area contributed by atoms with Gasteiger partial charge in [-0.3, -0.25) is 18.6 Å². The number of ether oxygens (including phenoxy) is 2. The second-order valence-corrected chi connectivity index (χ2v) is 16.1. The van der Waals surface area contributed by atoms with Crippen LogP contribution in [0.3, 0.4) is 0 Å². The number of carbonyl (C=O) groups excluding carboxylic acids is 2. The van der Waals surface area contributed by atoms with Crippen LogP contribution >= 0.6 is 7.82 Å². The molecule has 12 nitrogen and oxygen atoms in total. The number of rotatable bonds is 40. The Hall–Kier alpha value is -2.15. The molecular weight excluding hydrogens is 751 g/mol. The van der Waals surface area contributed by atoms with E-state index in [4.69, 9.17) is 19.1 Å². The zero-order chi connectivity index (χ0) is 42.2. The Bertz CT molecular complexity index is 1120. The molecule has 57 heavy (non-hydrogen) atoms. The number of allylic oxidation sites excluding steroid dienone is 7. The van der Waals surface area contributed by atoms with Gasteiger partial charge in [-0.1, -0.05) is 127 Å². The summed E-state index contributed by atoms with van der Waals surface area (Å²) in [4.78, 5) is 35.0. The van der Waals surface area contributed by atoms with Crippen molar-refractivity contribution in [2.24, 2.45) is 0 Å². The van der Waals surface area contributed by atoms with Crippen molar-refractivity contribution in [3.63, 3.8) is 0 Å². The van der Waals surface area contributed by atoms with Gasteiger partial charge < -0.3 is 34.8 Å². The average Bonchev–Trinajstić information content (AvgIpc) is 3.19. The molecule has 0 aliphatic rings. The van der Waals surface area contributed by atoms with E-state index in [-0.39, 0.29) is 32.1 Å². The Morgan fingerprint density at radius 2 is 1.07 bits per heavy atom. The molecule has 0 heterocycles. The Morgan fingerprint density at radius 1 is 0.579 bits per heavy atom. The molecule has 0 bridgehead atoms. The van der Waals surface area contributed by atoms with E-state index in [0.29, 0.717) is 6.42 Å². The quantitative estimate of drug-likeness (QED) is 0.0171. The van der Waals surface area contributed by atoms with Gasteiger partial charge in [0.05, 0.1) is 32.0 Å². The molecule has 0 radical (unpaired) electrons. The zero-order valence-electron chi connectivity index (χ0n) is 35.3. The first kappa shape index (κ1) is 54.9. The maximum absolute atomic E-state index is 12.6. The van der Waals surface area contributed by atoms with Crippen molar-refractivity contribution in [1.29, 1.82) is 0 Å². The number of phosphoric ester groups is 1. The number of hydrogen-bond acceptors (Lipinski definition) is 11. The number of aliphatic hydroxyl groups is 4. The summed E-state index contributed by atoms with van der Waals surface area (Å²) in [6, 6.07) is 0. The molecule has 0 aromatic rings. The van der Waals surface area contributed by atoms with E-state index in [0.717, 1.165) is 57.8 Å². The molecule has 13 heteroatoms. The molecule has 0 saturated heterocycles. The van der Waals surface area contributed by atoms with Crippen LogP contribution in [0.4, 0.5) is 0 Å². The zero-order valence-corrected chi connectivity index (χ0v) is 36.2. The largest absolute Gasteiger partial charge is 0.472 e. The van der Waals surface area contributed by atoms with Gasteiger partial charge in [-0.15, -0.1) is 0 Å². The van der Waals surface area contributed by atoms with Gasteiger partial charge in [0.15, 0.2) is 6.10 Å². The molecule has 5 N–H and O–H groups in total. The van der Waals surface area contributed by atoms with E-state index in [1.807, 2.05) is 12.2 Å². The Labute approximate surface area is 344 Å². The predicted molar refractivity (Wildman–Crippen MR) is 226 cm³/mol. The van der Waals surface area contributed by atoms with Crippen LogP contribution in [0, 0.1) is 0 Å². The fourth-order valence-corrected chi connectivity index (χ4v) is 6.41. The van der Waals surface area contributed by atoms with Gasteiger partial charge in [-0.2, -0.15) is 0 Å². The second kappa shape index (κ2) is 39.3. The van der Waals surface area contributed by atoms with Crippen molar-refractivity contribution in [1.82, 2.24) is 0 Å². The molecule has 0 spiro atoms. The molecule has 3 unspecified atom stereocenters. The molecule has 0 saturated carbocycles. The van der Waals surface area contributed by atoms with Gasteiger partial charge in [-0.25, -0.2) is 4.57 Å². The lowest BCUT2D eigenvalue weighted by Crippen LogP contribution is -2.30. The summed E-state index contributed by atoms with van der Waals surface area (Å²) >= 11 is 0. The van der Waals surface area contributed by atoms with Crippen molar-refractivity contribution in [2.75, 3.05) is 26.4 Å². The monoisotopic (exact) mass is 831 g/mol. The molecule has 332 valence electrons. The lowest BCUT2D eigenvalue weighted by atomic mass is 10.0. The van der Waals surface area contributed by atoms with Crippen molar-refractivity contribution in [3.05, 3.63) is 48.6 Å². The first-order valence-corrected chi connectivity index (χ1v) is 23.3. The van der Waals surface area contributed by atoms with Gasteiger partial charge in [0, 0.05) is 12.8 Å². The van der Waals surface area contributed by atoms with Crippen LogP contribution in [-0.4, -0.2) is 88.1 Å².